The molecule has 4 rings (SSSR count). The number of primary amides is 1. The largest absolute Gasteiger partial charge is 0.369 e. The van der Waals surface area contributed by atoms with Crippen LogP contribution in [0, 0.1) is 12.8 Å². The number of nitrogens with zero attached hydrogens (tertiary/aromatic N) is 3. The Kier molecular flexibility index (Phi) is 7.56. The average molecular weight is 468 g/mol. The number of unbranched alkanes of at least 4 members (excludes halogenated alkanes) is 2. The molecule has 0 spiro atoms. The van der Waals surface area contributed by atoms with Crippen LogP contribution in [0.25, 0.3) is 0 Å². The number of carbonyl (C=O) groups excluding carboxylic acids is 3. The highest BCUT2D eigenvalue weighted by molar-refractivity contribution is 5.96. The molecule has 2 fully saturated rings. The van der Waals surface area contributed by atoms with Crippen LogP contribution in [-0.4, -0.2) is 64.8 Å². The van der Waals surface area contributed by atoms with Crippen molar-refractivity contribution in [2.24, 2.45) is 11.7 Å². The zero-order chi connectivity index (χ0) is 24.2. The molecule has 184 valence electrons. The van der Waals surface area contributed by atoms with Gasteiger partial charge in [0.05, 0.1) is 18.0 Å². The molecule has 3 aliphatic heterocycles. The quantitative estimate of drug-likeness (QED) is 0.572. The van der Waals surface area contributed by atoms with Crippen LogP contribution in [-0.2, 0) is 14.4 Å². The van der Waals surface area contributed by atoms with E-state index in [1.54, 1.807) is 9.80 Å². The topological polar surface area (TPSA) is 99.0 Å². The third kappa shape index (κ3) is 5.27. The summed E-state index contributed by atoms with van der Waals surface area (Å²) < 4.78 is 0. The van der Waals surface area contributed by atoms with E-state index in [2.05, 4.69) is 43.5 Å². The predicted molar refractivity (Wildman–Crippen MR) is 130 cm³/mol. The summed E-state index contributed by atoms with van der Waals surface area (Å²) in [6, 6.07) is 8.38. The Morgan fingerprint density at radius 3 is 2.62 bits per heavy atom. The van der Waals surface area contributed by atoms with Gasteiger partial charge in [-0.05, 0) is 37.8 Å². The Morgan fingerprint density at radius 1 is 1.15 bits per heavy atom. The first-order valence-corrected chi connectivity index (χ1v) is 12.6. The number of likely N-dealkylation sites (tertiary alicyclic amines) is 1. The molecule has 0 aromatic heterocycles. The number of piperazine rings is 1. The van der Waals surface area contributed by atoms with Gasteiger partial charge in [-0.25, -0.2) is 5.43 Å². The van der Waals surface area contributed by atoms with Gasteiger partial charge in [0.25, 0.3) is 5.91 Å². The number of aryl methyl sites for hydroxylation is 1. The van der Waals surface area contributed by atoms with Gasteiger partial charge in [0.2, 0.25) is 11.8 Å². The summed E-state index contributed by atoms with van der Waals surface area (Å²) in [6.07, 6.45) is 7.75. The number of hydrazine groups is 1. The summed E-state index contributed by atoms with van der Waals surface area (Å²) in [5, 5.41) is 2.04. The van der Waals surface area contributed by atoms with Gasteiger partial charge in [-0.1, -0.05) is 56.0 Å². The summed E-state index contributed by atoms with van der Waals surface area (Å²) in [6.45, 7) is 5.74. The van der Waals surface area contributed by atoms with E-state index < -0.39 is 0 Å². The zero-order valence-electron chi connectivity index (χ0n) is 20.3. The van der Waals surface area contributed by atoms with Crippen molar-refractivity contribution in [2.45, 2.75) is 64.5 Å². The number of benzene rings is 1. The molecule has 3 atom stereocenters. The second-order valence-corrected chi connectivity index (χ2v) is 9.86. The van der Waals surface area contributed by atoms with Gasteiger partial charge in [0.15, 0.2) is 0 Å². The Labute approximate surface area is 202 Å². The van der Waals surface area contributed by atoms with Crippen molar-refractivity contribution >= 4 is 17.7 Å². The number of fused-ring (bicyclic) bond motifs is 1. The van der Waals surface area contributed by atoms with E-state index in [4.69, 9.17) is 5.73 Å². The molecule has 1 aromatic carbocycles. The van der Waals surface area contributed by atoms with Crippen LogP contribution in [0.1, 0.15) is 62.6 Å². The van der Waals surface area contributed by atoms with Crippen molar-refractivity contribution < 1.29 is 14.4 Å². The number of amides is 3. The molecule has 2 saturated heterocycles. The van der Waals surface area contributed by atoms with Crippen LogP contribution < -0.4 is 11.2 Å². The third-order valence-corrected chi connectivity index (χ3v) is 7.24. The lowest BCUT2D eigenvalue weighted by atomic mass is 9.97. The third-order valence-electron chi connectivity index (χ3n) is 7.24. The molecular weight excluding hydrogens is 430 g/mol. The molecule has 0 aliphatic carbocycles. The Hall–Kier alpha value is -2.87. The van der Waals surface area contributed by atoms with E-state index >= 15 is 0 Å². The predicted octanol–water partition coefficient (Wildman–Crippen LogP) is 2.26. The van der Waals surface area contributed by atoms with Gasteiger partial charge in [-0.3, -0.25) is 19.4 Å². The lowest BCUT2D eigenvalue weighted by Crippen LogP contribution is -2.58. The maximum absolute atomic E-state index is 13.4. The van der Waals surface area contributed by atoms with E-state index in [0.29, 0.717) is 25.3 Å². The fourth-order valence-corrected chi connectivity index (χ4v) is 5.18. The number of nitrogens with one attached hydrogen (secondary N) is 1. The van der Waals surface area contributed by atoms with Gasteiger partial charge in [-0.15, -0.1) is 0 Å². The number of hydrogen-bond donors (Lipinski definition) is 2. The maximum Gasteiger partial charge on any atom is 0.271 e. The van der Waals surface area contributed by atoms with Crippen LogP contribution in [0.5, 0.6) is 0 Å². The first kappa shape index (κ1) is 24.3. The van der Waals surface area contributed by atoms with E-state index in [9.17, 15) is 14.4 Å². The van der Waals surface area contributed by atoms with Gasteiger partial charge in [0.1, 0.15) is 12.2 Å². The van der Waals surface area contributed by atoms with Crippen LogP contribution in [0.2, 0.25) is 0 Å². The van der Waals surface area contributed by atoms with Gasteiger partial charge in [0, 0.05) is 19.6 Å². The van der Waals surface area contributed by atoms with Crippen molar-refractivity contribution in [3.05, 3.63) is 47.2 Å². The lowest BCUT2D eigenvalue weighted by molar-refractivity contribution is -0.144. The number of carbonyl (C=O) groups is 3. The molecule has 3 N–H and O–H groups in total. The van der Waals surface area contributed by atoms with E-state index in [1.807, 2.05) is 11.1 Å². The highest BCUT2D eigenvalue weighted by Gasteiger charge is 2.41. The zero-order valence-corrected chi connectivity index (χ0v) is 20.3. The summed E-state index contributed by atoms with van der Waals surface area (Å²) in [7, 11) is 0. The number of rotatable bonds is 8. The first-order chi connectivity index (χ1) is 16.4. The lowest BCUT2D eigenvalue weighted by Gasteiger charge is -2.42. The molecule has 3 aliphatic rings. The smallest absolute Gasteiger partial charge is 0.271 e. The molecule has 34 heavy (non-hydrogen) atoms. The molecule has 3 unspecified atom stereocenters. The van der Waals surface area contributed by atoms with E-state index in [0.717, 1.165) is 44.1 Å². The minimum atomic E-state index is -0.359. The standard InChI is InChI=1S/C26H37N5O3/c1-3-4-5-8-21-16-30(17-24(32)29-13-6-7-20(15-29)25(27)33)26(34)23-14-22(28-31(21)23)19-11-9-18(2)10-12-19/h9-12,14,20-22,28H,3-8,13,15-17H2,1-2H3,(H2,27,33). The molecule has 0 bridgehead atoms. The molecule has 0 saturated carbocycles. The van der Waals surface area contributed by atoms with Crippen molar-refractivity contribution in [3.63, 3.8) is 0 Å². The monoisotopic (exact) mass is 467 g/mol. The first-order valence-electron chi connectivity index (χ1n) is 12.6. The fraction of sp³-hybridized carbons (Fsp3) is 0.577. The number of hydrogen-bond acceptors (Lipinski definition) is 5. The molecule has 8 heteroatoms. The Balaban J connectivity index is 1.50. The summed E-state index contributed by atoms with van der Waals surface area (Å²) >= 11 is 0. The second-order valence-electron chi connectivity index (χ2n) is 9.86. The van der Waals surface area contributed by atoms with E-state index in [-0.39, 0.29) is 42.3 Å². The Morgan fingerprint density at radius 2 is 1.91 bits per heavy atom. The van der Waals surface area contributed by atoms with Crippen molar-refractivity contribution in [3.8, 4) is 0 Å². The average Bonchev–Trinajstić information content (AvgIpc) is 3.28. The molecule has 8 nitrogen and oxygen atoms in total. The summed E-state index contributed by atoms with van der Waals surface area (Å²) in [5.41, 5.74) is 11.9. The van der Waals surface area contributed by atoms with E-state index in [1.165, 1.54) is 5.56 Å². The van der Waals surface area contributed by atoms with Crippen LogP contribution >= 0.6 is 0 Å². The van der Waals surface area contributed by atoms with Crippen molar-refractivity contribution in [2.75, 3.05) is 26.2 Å². The molecule has 0 radical (unpaired) electrons. The summed E-state index contributed by atoms with van der Waals surface area (Å²) in [4.78, 5) is 41.5. The number of piperidine rings is 1. The second kappa shape index (κ2) is 10.6. The normalized spacial score (nSPS) is 24.8. The SMILES string of the molecule is CCCCCC1CN(CC(=O)N2CCCC(C(N)=O)C2)C(=O)C2=CC(c3ccc(C)cc3)NN21. The minimum Gasteiger partial charge on any atom is -0.369 e. The highest BCUT2D eigenvalue weighted by atomic mass is 16.2. The maximum atomic E-state index is 13.4. The van der Waals surface area contributed by atoms with Crippen LogP contribution in [0.4, 0.5) is 0 Å². The summed E-state index contributed by atoms with van der Waals surface area (Å²) in [5.74, 6) is -0.890. The molecule has 1 aromatic rings. The molecule has 3 amide bonds. The fourth-order valence-electron chi connectivity index (χ4n) is 5.18. The molecular formula is C26H37N5O3. The molecule has 3 heterocycles. The van der Waals surface area contributed by atoms with Crippen LogP contribution in [0.15, 0.2) is 36.0 Å². The van der Waals surface area contributed by atoms with Gasteiger partial charge in [-0.2, -0.15) is 0 Å². The highest BCUT2D eigenvalue weighted by Crippen LogP contribution is 2.32. The van der Waals surface area contributed by atoms with Crippen molar-refractivity contribution in [1.29, 1.82) is 0 Å². The van der Waals surface area contributed by atoms with Crippen LogP contribution in [0.3, 0.4) is 0 Å². The van der Waals surface area contributed by atoms with Gasteiger partial charge < -0.3 is 15.5 Å². The van der Waals surface area contributed by atoms with Gasteiger partial charge >= 0.3 is 0 Å². The number of nitrogens with two attached hydrogens (primary N) is 1. The minimum absolute atomic E-state index is 0.0367. The van der Waals surface area contributed by atoms with Crippen molar-refractivity contribution in [1.82, 2.24) is 20.2 Å². The Bertz CT molecular complexity index is 944.